The Labute approximate surface area is 131 Å². The standard InChI is InChI=1S/C17H23N3O2/c1-13-4-6-14(7-5-13)18-17(22)19-11-8-15-3-2-10-20(15)16(21)9-12-19/h4-7,15H,2-3,8-12H2,1H3,(H,18,22)/t15-/m1/s1. The Balaban J connectivity index is 1.62. The fourth-order valence-electron chi connectivity index (χ4n) is 3.30. The van der Waals surface area contributed by atoms with Crippen molar-refractivity contribution in [1.29, 1.82) is 0 Å². The van der Waals surface area contributed by atoms with Gasteiger partial charge >= 0.3 is 6.03 Å². The minimum absolute atomic E-state index is 0.108. The third kappa shape index (κ3) is 3.24. The van der Waals surface area contributed by atoms with Crippen molar-refractivity contribution in [3.8, 4) is 0 Å². The van der Waals surface area contributed by atoms with Crippen LogP contribution in [0.3, 0.4) is 0 Å². The number of urea groups is 1. The zero-order chi connectivity index (χ0) is 15.5. The van der Waals surface area contributed by atoms with Crippen molar-refractivity contribution < 1.29 is 9.59 Å². The van der Waals surface area contributed by atoms with E-state index in [4.69, 9.17) is 0 Å². The molecular weight excluding hydrogens is 278 g/mol. The molecule has 3 rings (SSSR count). The number of benzene rings is 1. The average Bonchev–Trinajstić information content (AvgIpc) is 2.95. The van der Waals surface area contributed by atoms with E-state index in [-0.39, 0.29) is 11.9 Å². The van der Waals surface area contributed by atoms with Crippen molar-refractivity contribution >= 4 is 17.6 Å². The second-order valence-corrected chi connectivity index (χ2v) is 6.21. The molecule has 0 spiro atoms. The molecule has 0 bridgehead atoms. The summed E-state index contributed by atoms with van der Waals surface area (Å²) in [5.74, 6) is 0.190. The second kappa shape index (κ2) is 6.38. The highest BCUT2D eigenvalue weighted by molar-refractivity contribution is 5.89. The van der Waals surface area contributed by atoms with E-state index in [9.17, 15) is 9.59 Å². The Morgan fingerprint density at radius 1 is 1.14 bits per heavy atom. The van der Waals surface area contributed by atoms with Crippen LogP contribution in [0.1, 0.15) is 31.2 Å². The molecule has 1 aromatic carbocycles. The first-order valence-electron chi connectivity index (χ1n) is 8.05. The fourth-order valence-corrected chi connectivity index (χ4v) is 3.30. The Morgan fingerprint density at radius 3 is 2.68 bits per heavy atom. The van der Waals surface area contributed by atoms with Gasteiger partial charge in [0.15, 0.2) is 0 Å². The summed E-state index contributed by atoms with van der Waals surface area (Å²) in [6.45, 7) is 4.12. The molecule has 0 saturated carbocycles. The van der Waals surface area contributed by atoms with Gasteiger partial charge in [0.2, 0.25) is 5.91 Å². The third-order valence-electron chi connectivity index (χ3n) is 4.62. The van der Waals surface area contributed by atoms with Gasteiger partial charge in [0.1, 0.15) is 0 Å². The quantitative estimate of drug-likeness (QED) is 0.867. The average molecular weight is 301 g/mol. The van der Waals surface area contributed by atoms with Crippen LogP contribution in [0.4, 0.5) is 10.5 Å². The lowest BCUT2D eigenvalue weighted by Gasteiger charge is -2.32. The first kappa shape index (κ1) is 14.9. The fraction of sp³-hybridized carbons (Fsp3) is 0.529. The summed E-state index contributed by atoms with van der Waals surface area (Å²) in [5, 5.41) is 2.92. The molecular formula is C17H23N3O2. The van der Waals surface area contributed by atoms with Gasteiger partial charge in [-0.25, -0.2) is 4.79 Å². The lowest BCUT2D eigenvalue weighted by atomic mass is 10.1. The predicted molar refractivity (Wildman–Crippen MR) is 85.7 cm³/mol. The van der Waals surface area contributed by atoms with Crippen molar-refractivity contribution in [1.82, 2.24) is 9.80 Å². The highest BCUT2D eigenvalue weighted by Crippen LogP contribution is 2.23. The van der Waals surface area contributed by atoms with Crippen molar-refractivity contribution in [2.75, 3.05) is 25.0 Å². The molecule has 1 N–H and O–H groups in total. The van der Waals surface area contributed by atoms with E-state index in [0.29, 0.717) is 25.6 Å². The van der Waals surface area contributed by atoms with Crippen molar-refractivity contribution in [2.24, 2.45) is 0 Å². The van der Waals surface area contributed by atoms with Gasteiger partial charge in [-0.2, -0.15) is 0 Å². The molecule has 2 aliphatic rings. The van der Waals surface area contributed by atoms with Crippen LogP contribution in [0.5, 0.6) is 0 Å². The van der Waals surface area contributed by atoms with E-state index < -0.39 is 0 Å². The second-order valence-electron chi connectivity index (χ2n) is 6.21. The predicted octanol–water partition coefficient (Wildman–Crippen LogP) is 2.61. The first-order valence-corrected chi connectivity index (χ1v) is 8.05. The van der Waals surface area contributed by atoms with Crippen LogP contribution < -0.4 is 5.32 Å². The highest BCUT2D eigenvalue weighted by atomic mass is 16.2. The number of rotatable bonds is 1. The van der Waals surface area contributed by atoms with Crippen LogP contribution in [0.25, 0.3) is 0 Å². The third-order valence-corrected chi connectivity index (χ3v) is 4.62. The maximum atomic E-state index is 12.4. The van der Waals surface area contributed by atoms with Gasteiger partial charge in [0.05, 0.1) is 0 Å². The van der Waals surface area contributed by atoms with Crippen LogP contribution in [0, 0.1) is 6.92 Å². The van der Waals surface area contributed by atoms with Gasteiger partial charge in [-0.3, -0.25) is 4.79 Å². The number of nitrogens with one attached hydrogen (secondary N) is 1. The van der Waals surface area contributed by atoms with Gasteiger partial charge in [-0.1, -0.05) is 17.7 Å². The molecule has 2 aliphatic heterocycles. The van der Waals surface area contributed by atoms with E-state index in [1.165, 1.54) is 0 Å². The van der Waals surface area contributed by atoms with Gasteiger partial charge in [-0.05, 0) is 38.3 Å². The van der Waals surface area contributed by atoms with E-state index in [1.54, 1.807) is 4.90 Å². The zero-order valence-corrected chi connectivity index (χ0v) is 13.0. The van der Waals surface area contributed by atoms with Crippen molar-refractivity contribution in [2.45, 2.75) is 38.6 Å². The number of carbonyl (C=O) groups excluding carboxylic acids is 2. The molecule has 22 heavy (non-hydrogen) atoms. The van der Waals surface area contributed by atoms with Crippen LogP contribution >= 0.6 is 0 Å². The van der Waals surface area contributed by atoms with E-state index in [1.807, 2.05) is 36.1 Å². The number of hydrogen-bond donors (Lipinski definition) is 1. The summed E-state index contributed by atoms with van der Waals surface area (Å²) >= 11 is 0. The Morgan fingerprint density at radius 2 is 1.91 bits per heavy atom. The molecule has 0 unspecified atom stereocenters. The maximum Gasteiger partial charge on any atom is 0.321 e. The van der Waals surface area contributed by atoms with E-state index >= 15 is 0 Å². The SMILES string of the molecule is Cc1ccc(NC(=O)N2CCC(=O)N3CCC[C@@H]3CC2)cc1. The van der Waals surface area contributed by atoms with Gasteiger partial charge in [-0.15, -0.1) is 0 Å². The maximum absolute atomic E-state index is 12.4. The smallest absolute Gasteiger partial charge is 0.321 e. The molecule has 5 nitrogen and oxygen atoms in total. The summed E-state index contributed by atoms with van der Waals surface area (Å²) in [6.07, 6.45) is 3.47. The Hall–Kier alpha value is -2.04. The normalized spacial score (nSPS) is 22.0. The summed E-state index contributed by atoms with van der Waals surface area (Å²) < 4.78 is 0. The summed E-state index contributed by atoms with van der Waals surface area (Å²) in [6, 6.07) is 7.97. The van der Waals surface area contributed by atoms with Gasteiger partial charge in [0, 0.05) is 37.8 Å². The number of anilines is 1. The molecule has 118 valence electrons. The molecule has 0 aliphatic carbocycles. The van der Waals surface area contributed by atoms with Crippen LogP contribution in [-0.4, -0.2) is 47.4 Å². The summed E-state index contributed by atoms with van der Waals surface area (Å²) in [5.41, 5.74) is 1.96. The molecule has 0 aromatic heterocycles. The summed E-state index contributed by atoms with van der Waals surface area (Å²) in [7, 11) is 0. The number of fused-ring (bicyclic) bond motifs is 1. The number of aryl methyl sites for hydroxylation is 1. The lowest BCUT2D eigenvalue weighted by Crippen LogP contribution is -2.45. The molecule has 2 fully saturated rings. The summed E-state index contributed by atoms with van der Waals surface area (Å²) in [4.78, 5) is 28.4. The molecule has 0 radical (unpaired) electrons. The van der Waals surface area contributed by atoms with Crippen molar-refractivity contribution in [3.63, 3.8) is 0 Å². The number of hydrogen-bond acceptors (Lipinski definition) is 2. The van der Waals surface area contributed by atoms with Crippen LogP contribution in [0.2, 0.25) is 0 Å². The molecule has 2 heterocycles. The highest BCUT2D eigenvalue weighted by Gasteiger charge is 2.31. The molecule has 3 amide bonds. The van der Waals surface area contributed by atoms with Crippen LogP contribution in [0.15, 0.2) is 24.3 Å². The molecule has 1 aromatic rings. The largest absolute Gasteiger partial charge is 0.340 e. The molecule has 2 saturated heterocycles. The molecule has 1 atom stereocenters. The van der Waals surface area contributed by atoms with E-state index in [2.05, 4.69) is 5.32 Å². The van der Waals surface area contributed by atoms with Gasteiger partial charge in [0.25, 0.3) is 0 Å². The molecule has 5 heteroatoms. The number of nitrogens with zero attached hydrogens (tertiary/aromatic N) is 2. The minimum Gasteiger partial charge on any atom is -0.340 e. The zero-order valence-electron chi connectivity index (χ0n) is 13.0. The number of amides is 3. The van der Waals surface area contributed by atoms with Crippen molar-refractivity contribution in [3.05, 3.63) is 29.8 Å². The lowest BCUT2D eigenvalue weighted by molar-refractivity contribution is -0.133. The Kier molecular flexibility index (Phi) is 4.32. The minimum atomic E-state index is -0.108. The van der Waals surface area contributed by atoms with Crippen LogP contribution in [-0.2, 0) is 4.79 Å². The van der Waals surface area contributed by atoms with E-state index in [0.717, 1.165) is 37.1 Å². The monoisotopic (exact) mass is 301 g/mol. The van der Waals surface area contributed by atoms with Gasteiger partial charge < -0.3 is 15.1 Å². The topological polar surface area (TPSA) is 52.7 Å². The first-order chi connectivity index (χ1) is 10.6. The number of carbonyl (C=O) groups is 2. The Bertz CT molecular complexity index is 556.